The lowest BCUT2D eigenvalue weighted by Gasteiger charge is -2.13. The average molecular weight is 176 g/mol. The van der Waals surface area contributed by atoms with Crippen LogP contribution in [0, 0.1) is 13.8 Å². The highest BCUT2D eigenvalue weighted by molar-refractivity contribution is 5.34. The molecule has 0 aliphatic heterocycles. The van der Waals surface area contributed by atoms with Gasteiger partial charge in [0.2, 0.25) is 0 Å². The fraction of sp³-hybridized carbons (Fsp3) is 0.333. The van der Waals surface area contributed by atoms with Gasteiger partial charge >= 0.3 is 0 Å². The predicted molar refractivity (Wildman–Crippen MR) is 55.7 cm³/mol. The molecule has 0 bridgehead atoms. The summed E-state index contributed by atoms with van der Waals surface area (Å²) >= 11 is 0. The molecule has 1 N–H and O–H groups in total. The molecule has 13 heavy (non-hydrogen) atoms. The molecule has 0 radical (unpaired) electrons. The Morgan fingerprint density at radius 1 is 1.46 bits per heavy atom. The Bertz CT molecular complexity index is 302. The number of aliphatic hydroxyl groups excluding tert-OH is 1. The van der Waals surface area contributed by atoms with E-state index in [-0.39, 0.29) is 0 Å². The Morgan fingerprint density at radius 2 is 2.15 bits per heavy atom. The van der Waals surface area contributed by atoms with Gasteiger partial charge in [-0.2, -0.15) is 0 Å². The van der Waals surface area contributed by atoms with Crippen LogP contribution in [0.3, 0.4) is 0 Å². The van der Waals surface area contributed by atoms with Crippen LogP contribution >= 0.6 is 0 Å². The second-order valence-electron chi connectivity index (χ2n) is 3.33. The molecule has 0 spiro atoms. The van der Waals surface area contributed by atoms with Gasteiger partial charge in [-0.3, -0.25) is 0 Å². The highest BCUT2D eigenvalue weighted by Gasteiger charge is 2.08. The highest BCUT2D eigenvalue weighted by Crippen LogP contribution is 2.22. The van der Waals surface area contributed by atoms with Crippen LogP contribution < -0.4 is 0 Å². The van der Waals surface area contributed by atoms with E-state index >= 15 is 0 Å². The molecular formula is C12H16O. The third kappa shape index (κ3) is 2.19. The minimum Gasteiger partial charge on any atom is -0.388 e. The zero-order valence-electron chi connectivity index (χ0n) is 8.25. The fourth-order valence-corrected chi connectivity index (χ4v) is 1.42. The first kappa shape index (κ1) is 10.0. The van der Waals surface area contributed by atoms with Gasteiger partial charge in [-0.05, 0) is 37.0 Å². The normalized spacial score (nSPS) is 12.5. The van der Waals surface area contributed by atoms with Gasteiger partial charge in [0.05, 0.1) is 6.10 Å². The summed E-state index contributed by atoms with van der Waals surface area (Å²) < 4.78 is 0. The standard InChI is InChI=1S/C12H16O/c1-4-6-12(13)11-8-5-7-9(2)10(11)3/h4-5,7-8,12-13H,1,6H2,2-3H3/t12-/m1/s1. The largest absolute Gasteiger partial charge is 0.388 e. The Morgan fingerprint density at radius 3 is 2.77 bits per heavy atom. The van der Waals surface area contributed by atoms with Gasteiger partial charge in [0.15, 0.2) is 0 Å². The van der Waals surface area contributed by atoms with Gasteiger partial charge in [0.1, 0.15) is 0 Å². The summed E-state index contributed by atoms with van der Waals surface area (Å²) in [6.07, 6.45) is 1.95. The number of hydrogen-bond donors (Lipinski definition) is 1. The smallest absolute Gasteiger partial charge is 0.0827 e. The van der Waals surface area contributed by atoms with Crippen molar-refractivity contribution in [1.29, 1.82) is 0 Å². The summed E-state index contributed by atoms with van der Waals surface area (Å²) in [6.45, 7) is 7.71. The molecule has 0 amide bonds. The van der Waals surface area contributed by atoms with Crippen molar-refractivity contribution in [1.82, 2.24) is 0 Å². The maximum Gasteiger partial charge on any atom is 0.0827 e. The molecular weight excluding hydrogens is 160 g/mol. The van der Waals surface area contributed by atoms with Crippen LogP contribution in [0.5, 0.6) is 0 Å². The second kappa shape index (κ2) is 4.24. The molecule has 1 aromatic carbocycles. The number of aliphatic hydroxyl groups is 1. The summed E-state index contributed by atoms with van der Waals surface area (Å²) in [5.41, 5.74) is 3.41. The van der Waals surface area contributed by atoms with Crippen LogP contribution in [0.25, 0.3) is 0 Å². The first-order valence-electron chi connectivity index (χ1n) is 4.52. The molecule has 0 saturated carbocycles. The van der Waals surface area contributed by atoms with E-state index in [0.717, 1.165) is 5.56 Å². The Labute approximate surface area is 79.7 Å². The molecule has 0 heterocycles. The molecule has 1 atom stereocenters. The minimum absolute atomic E-state index is 0.405. The van der Waals surface area contributed by atoms with E-state index in [1.165, 1.54) is 11.1 Å². The number of aryl methyl sites for hydroxylation is 1. The van der Waals surface area contributed by atoms with Crippen molar-refractivity contribution in [3.63, 3.8) is 0 Å². The summed E-state index contributed by atoms with van der Waals surface area (Å²) in [5.74, 6) is 0. The van der Waals surface area contributed by atoms with Crippen LogP contribution in [0.2, 0.25) is 0 Å². The highest BCUT2D eigenvalue weighted by atomic mass is 16.3. The Hall–Kier alpha value is -1.08. The molecule has 1 aromatic rings. The minimum atomic E-state index is -0.405. The predicted octanol–water partition coefficient (Wildman–Crippen LogP) is 2.91. The molecule has 0 fully saturated rings. The van der Waals surface area contributed by atoms with Crippen molar-refractivity contribution >= 4 is 0 Å². The van der Waals surface area contributed by atoms with E-state index in [1.54, 1.807) is 6.08 Å². The van der Waals surface area contributed by atoms with E-state index in [0.29, 0.717) is 6.42 Å². The first-order valence-corrected chi connectivity index (χ1v) is 4.52. The van der Waals surface area contributed by atoms with Gasteiger partial charge in [0, 0.05) is 0 Å². The van der Waals surface area contributed by atoms with E-state index in [4.69, 9.17) is 0 Å². The van der Waals surface area contributed by atoms with Crippen LogP contribution in [-0.2, 0) is 0 Å². The van der Waals surface area contributed by atoms with Crippen molar-refractivity contribution in [2.75, 3.05) is 0 Å². The second-order valence-corrected chi connectivity index (χ2v) is 3.33. The van der Waals surface area contributed by atoms with Gasteiger partial charge in [0.25, 0.3) is 0 Å². The van der Waals surface area contributed by atoms with Crippen molar-refractivity contribution in [2.24, 2.45) is 0 Å². The summed E-state index contributed by atoms with van der Waals surface area (Å²) in [7, 11) is 0. The van der Waals surface area contributed by atoms with Gasteiger partial charge < -0.3 is 5.11 Å². The van der Waals surface area contributed by atoms with Crippen molar-refractivity contribution in [2.45, 2.75) is 26.4 Å². The third-order valence-electron chi connectivity index (χ3n) is 2.40. The van der Waals surface area contributed by atoms with E-state index in [1.807, 2.05) is 19.1 Å². The lowest BCUT2D eigenvalue weighted by Crippen LogP contribution is -1.99. The van der Waals surface area contributed by atoms with Crippen LogP contribution in [0.4, 0.5) is 0 Å². The van der Waals surface area contributed by atoms with Crippen LogP contribution in [0.1, 0.15) is 29.2 Å². The average Bonchev–Trinajstić information content (AvgIpc) is 2.10. The Kier molecular flexibility index (Phi) is 3.26. The quantitative estimate of drug-likeness (QED) is 0.702. The molecule has 0 aliphatic carbocycles. The maximum absolute atomic E-state index is 9.75. The molecule has 70 valence electrons. The lowest BCUT2D eigenvalue weighted by atomic mass is 9.98. The number of benzene rings is 1. The molecule has 0 saturated heterocycles. The summed E-state index contributed by atoms with van der Waals surface area (Å²) in [6, 6.07) is 6.00. The monoisotopic (exact) mass is 176 g/mol. The molecule has 0 aliphatic rings. The number of rotatable bonds is 3. The molecule has 1 nitrogen and oxygen atoms in total. The third-order valence-corrected chi connectivity index (χ3v) is 2.40. The van der Waals surface area contributed by atoms with Gasteiger partial charge in [-0.25, -0.2) is 0 Å². The van der Waals surface area contributed by atoms with Crippen molar-refractivity contribution in [3.8, 4) is 0 Å². The topological polar surface area (TPSA) is 20.2 Å². The Balaban J connectivity index is 3.00. The lowest BCUT2D eigenvalue weighted by molar-refractivity contribution is 0.181. The molecule has 0 aromatic heterocycles. The molecule has 0 unspecified atom stereocenters. The molecule has 1 heteroatoms. The SMILES string of the molecule is C=CC[C@@H](O)c1cccc(C)c1C. The first-order chi connectivity index (χ1) is 6.16. The van der Waals surface area contributed by atoms with E-state index in [2.05, 4.69) is 19.6 Å². The van der Waals surface area contributed by atoms with E-state index < -0.39 is 6.10 Å². The summed E-state index contributed by atoms with van der Waals surface area (Å²) in [4.78, 5) is 0. The van der Waals surface area contributed by atoms with Gasteiger partial charge in [-0.15, -0.1) is 6.58 Å². The number of hydrogen-bond acceptors (Lipinski definition) is 1. The van der Waals surface area contributed by atoms with Crippen LogP contribution in [0.15, 0.2) is 30.9 Å². The van der Waals surface area contributed by atoms with Crippen molar-refractivity contribution < 1.29 is 5.11 Å². The van der Waals surface area contributed by atoms with E-state index in [9.17, 15) is 5.11 Å². The fourth-order valence-electron chi connectivity index (χ4n) is 1.42. The van der Waals surface area contributed by atoms with Gasteiger partial charge in [-0.1, -0.05) is 24.3 Å². The van der Waals surface area contributed by atoms with Crippen molar-refractivity contribution in [3.05, 3.63) is 47.5 Å². The molecule has 1 rings (SSSR count). The maximum atomic E-state index is 9.75. The zero-order valence-corrected chi connectivity index (χ0v) is 8.25. The zero-order chi connectivity index (χ0) is 9.84. The van der Waals surface area contributed by atoms with Crippen LogP contribution in [-0.4, -0.2) is 5.11 Å². The summed E-state index contributed by atoms with van der Waals surface area (Å²) in [5, 5.41) is 9.75.